The number of nitrogens with one attached hydrogen (secondary N) is 1. The molecule has 0 unspecified atom stereocenters. The highest BCUT2D eigenvalue weighted by Crippen LogP contribution is 2.43. The van der Waals surface area contributed by atoms with Crippen molar-refractivity contribution >= 4 is 17.6 Å². The predicted molar refractivity (Wildman–Crippen MR) is 76.4 cm³/mol. The molecule has 1 aliphatic rings. The van der Waals surface area contributed by atoms with Crippen LogP contribution in [0.4, 0.5) is 5.69 Å². The van der Waals surface area contributed by atoms with E-state index in [0.717, 1.165) is 19.3 Å². The second-order valence-electron chi connectivity index (χ2n) is 5.55. The van der Waals surface area contributed by atoms with E-state index >= 15 is 0 Å². The van der Waals surface area contributed by atoms with Crippen molar-refractivity contribution in [2.24, 2.45) is 11.1 Å². The van der Waals surface area contributed by atoms with Crippen molar-refractivity contribution in [2.75, 3.05) is 11.9 Å². The normalized spacial score (nSPS) is 16.2. The van der Waals surface area contributed by atoms with Crippen molar-refractivity contribution in [3.05, 3.63) is 29.8 Å². The van der Waals surface area contributed by atoms with Gasteiger partial charge >= 0.3 is 5.97 Å². The number of carbonyl (C=O) groups is 2. The maximum atomic E-state index is 12.0. The lowest BCUT2D eigenvalue weighted by Gasteiger charge is -2.40. The molecule has 0 saturated heterocycles. The van der Waals surface area contributed by atoms with E-state index in [1.807, 2.05) is 0 Å². The van der Waals surface area contributed by atoms with Crippen LogP contribution in [0.2, 0.25) is 0 Å². The summed E-state index contributed by atoms with van der Waals surface area (Å²) in [6.45, 7) is 0.554. The zero-order valence-electron chi connectivity index (χ0n) is 11.4. The third kappa shape index (κ3) is 3.57. The second-order valence-corrected chi connectivity index (χ2v) is 5.55. The highest BCUT2D eigenvalue weighted by molar-refractivity contribution is 5.91. The second kappa shape index (κ2) is 6.05. The Morgan fingerprint density at radius 1 is 1.25 bits per heavy atom. The van der Waals surface area contributed by atoms with Crippen molar-refractivity contribution < 1.29 is 14.7 Å². The molecule has 5 heteroatoms. The lowest BCUT2D eigenvalue weighted by Crippen LogP contribution is -2.40. The summed E-state index contributed by atoms with van der Waals surface area (Å²) < 4.78 is 0. The minimum Gasteiger partial charge on any atom is -0.481 e. The van der Waals surface area contributed by atoms with Gasteiger partial charge in [-0.3, -0.25) is 9.59 Å². The summed E-state index contributed by atoms with van der Waals surface area (Å²) in [4.78, 5) is 22.6. The average molecular weight is 276 g/mol. The molecule has 2 rings (SSSR count). The van der Waals surface area contributed by atoms with Crippen LogP contribution >= 0.6 is 0 Å². The summed E-state index contributed by atoms with van der Waals surface area (Å²) in [6, 6.07) is 6.88. The number of hydrogen-bond acceptors (Lipinski definition) is 3. The molecule has 1 aliphatic carbocycles. The van der Waals surface area contributed by atoms with Crippen LogP contribution in [0, 0.1) is 5.41 Å². The Morgan fingerprint density at radius 3 is 2.35 bits per heavy atom. The third-order valence-corrected chi connectivity index (χ3v) is 3.98. The molecule has 1 aromatic rings. The number of carbonyl (C=O) groups excluding carboxylic acids is 1. The molecule has 0 aliphatic heterocycles. The first-order valence-electron chi connectivity index (χ1n) is 6.84. The maximum absolute atomic E-state index is 12.0. The standard InChI is InChI=1S/C15H20N2O3/c16-10-15(6-1-7-15)9-13(18)17-12-4-2-11(3-5-12)8-14(19)20/h2-5H,1,6-10,16H2,(H,17,18)(H,19,20). The monoisotopic (exact) mass is 276 g/mol. The van der Waals surface area contributed by atoms with Crippen molar-refractivity contribution in [1.82, 2.24) is 0 Å². The van der Waals surface area contributed by atoms with Gasteiger partial charge in [-0.1, -0.05) is 18.6 Å². The van der Waals surface area contributed by atoms with E-state index < -0.39 is 5.97 Å². The number of hydrogen-bond donors (Lipinski definition) is 3. The zero-order valence-corrected chi connectivity index (χ0v) is 11.4. The van der Waals surface area contributed by atoms with Crippen LogP contribution < -0.4 is 11.1 Å². The average Bonchev–Trinajstić information content (AvgIpc) is 2.36. The van der Waals surface area contributed by atoms with Crippen LogP contribution in [0.15, 0.2) is 24.3 Å². The van der Waals surface area contributed by atoms with Crippen molar-refractivity contribution in [3.8, 4) is 0 Å². The Bertz CT molecular complexity index is 487. The van der Waals surface area contributed by atoms with Crippen LogP contribution in [-0.2, 0) is 16.0 Å². The Balaban J connectivity index is 1.89. The SMILES string of the molecule is NCC1(CC(=O)Nc2ccc(CC(=O)O)cc2)CCC1. The number of amides is 1. The highest BCUT2D eigenvalue weighted by Gasteiger charge is 2.37. The molecule has 5 nitrogen and oxygen atoms in total. The van der Waals surface area contributed by atoms with E-state index in [0.29, 0.717) is 24.2 Å². The molecule has 1 amide bonds. The van der Waals surface area contributed by atoms with Gasteiger partial charge in [0.05, 0.1) is 6.42 Å². The lowest BCUT2D eigenvalue weighted by molar-refractivity contribution is -0.136. The first-order chi connectivity index (χ1) is 9.53. The first kappa shape index (κ1) is 14.5. The van der Waals surface area contributed by atoms with Crippen LogP contribution in [0.1, 0.15) is 31.2 Å². The van der Waals surface area contributed by atoms with Gasteiger partial charge in [0.1, 0.15) is 0 Å². The quantitative estimate of drug-likeness (QED) is 0.738. The van der Waals surface area contributed by atoms with Crippen LogP contribution in [0.3, 0.4) is 0 Å². The lowest BCUT2D eigenvalue weighted by atomic mass is 9.66. The van der Waals surface area contributed by atoms with Gasteiger partial charge in [-0.2, -0.15) is 0 Å². The molecule has 4 N–H and O–H groups in total. The number of aliphatic carboxylic acids is 1. The number of carboxylic acids is 1. The number of anilines is 1. The summed E-state index contributed by atoms with van der Waals surface area (Å²) >= 11 is 0. The highest BCUT2D eigenvalue weighted by atomic mass is 16.4. The smallest absolute Gasteiger partial charge is 0.307 e. The molecular formula is C15H20N2O3. The van der Waals surface area contributed by atoms with E-state index in [2.05, 4.69) is 5.32 Å². The van der Waals surface area contributed by atoms with E-state index in [4.69, 9.17) is 10.8 Å². The first-order valence-corrected chi connectivity index (χ1v) is 6.84. The van der Waals surface area contributed by atoms with Crippen molar-refractivity contribution in [3.63, 3.8) is 0 Å². The number of carboxylic acid groups (broad SMARTS) is 1. The van der Waals surface area contributed by atoms with Gasteiger partial charge in [0.15, 0.2) is 0 Å². The fraction of sp³-hybridized carbons (Fsp3) is 0.467. The van der Waals surface area contributed by atoms with E-state index in [-0.39, 0.29) is 17.7 Å². The molecule has 0 radical (unpaired) electrons. The molecule has 0 bridgehead atoms. The molecule has 108 valence electrons. The van der Waals surface area contributed by atoms with Gasteiger partial charge in [0.2, 0.25) is 5.91 Å². The summed E-state index contributed by atoms with van der Waals surface area (Å²) in [5.74, 6) is -0.891. The van der Waals surface area contributed by atoms with Gasteiger partial charge in [0, 0.05) is 12.1 Å². The fourth-order valence-electron chi connectivity index (χ4n) is 2.56. The van der Waals surface area contributed by atoms with Gasteiger partial charge in [-0.05, 0) is 42.5 Å². The van der Waals surface area contributed by atoms with Crippen molar-refractivity contribution in [2.45, 2.75) is 32.1 Å². The number of rotatable bonds is 6. The van der Waals surface area contributed by atoms with E-state index in [1.54, 1.807) is 24.3 Å². The number of benzene rings is 1. The molecular weight excluding hydrogens is 256 g/mol. The van der Waals surface area contributed by atoms with Crippen molar-refractivity contribution in [1.29, 1.82) is 0 Å². The minimum atomic E-state index is -0.864. The molecule has 0 aromatic heterocycles. The van der Waals surface area contributed by atoms with Gasteiger partial charge < -0.3 is 16.2 Å². The summed E-state index contributed by atoms with van der Waals surface area (Å²) in [5, 5.41) is 11.5. The molecule has 0 atom stereocenters. The molecule has 1 aromatic carbocycles. The van der Waals surface area contributed by atoms with Crippen LogP contribution in [0.5, 0.6) is 0 Å². The summed E-state index contributed by atoms with van der Waals surface area (Å²) in [6.07, 6.45) is 3.64. The summed E-state index contributed by atoms with van der Waals surface area (Å²) in [7, 11) is 0. The Labute approximate surface area is 118 Å². The molecule has 1 saturated carbocycles. The van der Waals surface area contributed by atoms with Gasteiger partial charge in [-0.15, -0.1) is 0 Å². The summed E-state index contributed by atoms with van der Waals surface area (Å²) in [5.41, 5.74) is 7.14. The molecule has 0 spiro atoms. The molecule has 0 heterocycles. The largest absolute Gasteiger partial charge is 0.481 e. The third-order valence-electron chi connectivity index (χ3n) is 3.98. The van der Waals surface area contributed by atoms with E-state index in [9.17, 15) is 9.59 Å². The van der Waals surface area contributed by atoms with E-state index in [1.165, 1.54) is 0 Å². The van der Waals surface area contributed by atoms with Crippen LogP contribution in [-0.4, -0.2) is 23.5 Å². The van der Waals surface area contributed by atoms with Crippen LogP contribution in [0.25, 0.3) is 0 Å². The molecule has 1 fully saturated rings. The van der Waals surface area contributed by atoms with Gasteiger partial charge in [-0.25, -0.2) is 0 Å². The maximum Gasteiger partial charge on any atom is 0.307 e. The fourth-order valence-corrected chi connectivity index (χ4v) is 2.56. The number of nitrogens with two attached hydrogens (primary N) is 1. The topological polar surface area (TPSA) is 92.4 Å². The zero-order chi connectivity index (χ0) is 14.6. The Hall–Kier alpha value is -1.88. The Morgan fingerprint density at radius 2 is 1.90 bits per heavy atom. The van der Waals surface area contributed by atoms with Gasteiger partial charge in [0.25, 0.3) is 0 Å². The minimum absolute atomic E-state index is 0.00662. The Kier molecular flexibility index (Phi) is 4.39. The molecule has 20 heavy (non-hydrogen) atoms. The predicted octanol–water partition coefficient (Wildman–Crippen LogP) is 1.77.